The third-order valence-electron chi connectivity index (χ3n) is 2.07. The lowest BCUT2D eigenvalue weighted by Crippen LogP contribution is -2.24. The molecule has 1 aliphatic heterocycles. The van der Waals surface area contributed by atoms with Crippen molar-refractivity contribution in [3.05, 3.63) is 15.0 Å². The zero-order valence-corrected chi connectivity index (χ0v) is 8.55. The van der Waals surface area contributed by atoms with Crippen molar-refractivity contribution in [1.29, 1.82) is 0 Å². The van der Waals surface area contributed by atoms with E-state index in [4.69, 9.17) is 0 Å². The van der Waals surface area contributed by atoms with Crippen LogP contribution in [-0.2, 0) is 20.0 Å². The molecule has 1 aromatic rings. The number of nitrogens with zero attached hydrogens (tertiary/aromatic N) is 2. The summed E-state index contributed by atoms with van der Waals surface area (Å²) < 4.78 is 3.14. The fourth-order valence-corrected chi connectivity index (χ4v) is 2.30. The Labute approximate surface area is 79.3 Å². The van der Waals surface area contributed by atoms with Crippen molar-refractivity contribution in [3.63, 3.8) is 0 Å². The minimum Gasteiger partial charge on any atom is -0.312 e. The van der Waals surface area contributed by atoms with Gasteiger partial charge in [0.1, 0.15) is 3.70 Å². The zero-order chi connectivity index (χ0) is 7.84. The van der Waals surface area contributed by atoms with E-state index in [-0.39, 0.29) is 0 Å². The van der Waals surface area contributed by atoms with Gasteiger partial charge in [0.25, 0.3) is 0 Å². The summed E-state index contributed by atoms with van der Waals surface area (Å²) >= 11 is 2.29. The SMILES string of the molecule is Cn1nc(I)c2c1CCNC2. The number of halogens is 1. The Balaban J connectivity index is 2.52. The summed E-state index contributed by atoms with van der Waals surface area (Å²) in [5.41, 5.74) is 2.78. The van der Waals surface area contributed by atoms with Crippen molar-refractivity contribution >= 4 is 22.6 Å². The van der Waals surface area contributed by atoms with Crippen LogP contribution in [0.15, 0.2) is 0 Å². The number of hydrogen-bond acceptors (Lipinski definition) is 2. The molecule has 3 nitrogen and oxygen atoms in total. The van der Waals surface area contributed by atoms with Crippen molar-refractivity contribution in [2.24, 2.45) is 7.05 Å². The molecule has 60 valence electrons. The third-order valence-corrected chi connectivity index (χ3v) is 2.93. The first-order chi connectivity index (χ1) is 5.29. The maximum absolute atomic E-state index is 4.36. The molecule has 0 atom stereocenters. The van der Waals surface area contributed by atoms with E-state index in [0.29, 0.717) is 0 Å². The van der Waals surface area contributed by atoms with Crippen LogP contribution in [0.1, 0.15) is 11.3 Å². The second kappa shape index (κ2) is 2.75. The molecule has 0 bridgehead atoms. The monoisotopic (exact) mass is 263 g/mol. The zero-order valence-electron chi connectivity index (χ0n) is 6.39. The molecular weight excluding hydrogens is 253 g/mol. The summed E-state index contributed by atoms with van der Waals surface area (Å²) in [6, 6.07) is 0. The van der Waals surface area contributed by atoms with Crippen LogP contribution in [0.2, 0.25) is 0 Å². The van der Waals surface area contributed by atoms with E-state index in [1.54, 1.807) is 0 Å². The highest BCUT2D eigenvalue weighted by Gasteiger charge is 2.16. The van der Waals surface area contributed by atoms with Gasteiger partial charge in [-0.1, -0.05) is 0 Å². The second-order valence-electron chi connectivity index (χ2n) is 2.77. The van der Waals surface area contributed by atoms with Crippen molar-refractivity contribution < 1.29 is 0 Å². The van der Waals surface area contributed by atoms with Gasteiger partial charge in [0.15, 0.2) is 0 Å². The van der Waals surface area contributed by atoms with Crippen LogP contribution in [-0.4, -0.2) is 16.3 Å². The van der Waals surface area contributed by atoms with Gasteiger partial charge in [0, 0.05) is 37.8 Å². The fourth-order valence-electron chi connectivity index (χ4n) is 1.47. The number of rotatable bonds is 0. The standard InChI is InChI=1S/C7H10IN3/c1-11-6-2-3-9-4-5(6)7(8)10-11/h9H,2-4H2,1H3. The van der Waals surface area contributed by atoms with Crippen LogP contribution in [0.25, 0.3) is 0 Å². The molecule has 0 radical (unpaired) electrons. The summed E-state index contributed by atoms with van der Waals surface area (Å²) in [5, 5.41) is 7.69. The fraction of sp³-hybridized carbons (Fsp3) is 0.571. The van der Waals surface area contributed by atoms with Crippen molar-refractivity contribution in [2.75, 3.05) is 6.54 Å². The van der Waals surface area contributed by atoms with Gasteiger partial charge in [0.05, 0.1) is 0 Å². The van der Waals surface area contributed by atoms with E-state index in [1.807, 2.05) is 11.7 Å². The van der Waals surface area contributed by atoms with Gasteiger partial charge in [-0.3, -0.25) is 4.68 Å². The van der Waals surface area contributed by atoms with E-state index < -0.39 is 0 Å². The van der Waals surface area contributed by atoms with Crippen molar-refractivity contribution in [2.45, 2.75) is 13.0 Å². The lowest BCUT2D eigenvalue weighted by Gasteiger charge is -2.13. The van der Waals surface area contributed by atoms with E-state index in [1.165, 1.54) is 11.3 Å². The number of nitrogens with one attached hydrogen (secondary N) is 1. The highest BCUT2D eigenvalue weighted by atomic mass is 127. The smallest absolute Gasteiger partial charge is 0.128 e. The molecule has 1 aromatic heterocycles. The summed E-state index contributed by atoms with van der Waals surface area (Å²) in [6.07, 6.45) is 1.11. The molecule has 0 aliphatic carbocycles. The predicted molar refractivity (Wildman–Crippen MR) is 51.3 cm³/mol. The first kappa shape index (κ1) is 7.54. The summed E-state index contributed by atoms with van der Waals surface area (Å²) in [4.78, 5) is 0. The van der Waals surface area contributed by atoms with Crippen LogP contribution >= 0.6 is 22.6 Å². The van der Waals surface area contributed by atoms with Crippen LogP contribution in [0.4, 0.5) is 0 Å². The maximum atomic E-state index is 4.36. The molecule has 2 rings (SSSR count). The maximum Gasteiger partial charge on any atom is 0.128 e. The molecule has 4 heteroatoms. The molecule has 0 saturated carbocycles. The van der Waals surface area contributed by atoms with E-state index in [2.05, 4.69) is 33.0 Å². The quantitative estimate of drug-likeness (QED) is 0.697. The Morgan fingerprint density at radius 3 is 3.18 bits per heavy atom. The van der Waals surface area contributed by atoms with Crippen molar-refractivity contribution in [1.82, 2.24) is 15.1 Å². The predicted octanol–water partition coefficient (Wildman–Crippen LogP) is 0.670. The first-order valence-electron chi connectivity index (χ1n) is 3.70. The number of fused-ring (bicyclic) bond motifs is 1. The summed E-state index contributed by atoms with van der Waals surface area (Å²) in [5.74, 6) is 0. The van der Waals surface area contributed by atoms with Crippen LogP contribution in [0.5, 0.6) is 0 Å². The molecule has 0 aromatic carbocycles. The van der Waals surface area contributed by atoms with Gasteiger partial charge < -0.3 is 5.32 Å². The highest BCUT2D eigenvalue weighted by Crippen LogP contribution is 2.18. The third kappa shape index (κ3) is 1.18. The van der Waals surface area contributed by atoms with Crippen LogP contribution in [0, 0.1) is 3.70 Å². The molecular formula is C7H10IN3. The average molecular weight is 263 g/mol. The molecule has 0 saturated heterocycles. The topological polar surface area (TPSA) is 29.9 Å². The van der Waals surface area contributed by atoms with Crippen LogP contribution < -0.4 is 5.32 Å². The first-order valence-corrected chi connectivity index (χ1v) is 4.78. The van der Waals surface area contributed by atoms with Crippen molar-refractivity contribution in [3.8, 4) is 0 Å². The van der Waals surface area contributed by atoms with Gasteiger partial charge in [-0.05, 0) is 22.6 Å². The normalized spacial score (nSPS) is 16.5. The Hall–Kier alpha value is -0.100. The van der Waals surface area contributed by atoms with Gasteiger partial charge in [-0.25, -0.2) is 0 Å². The lowest BCUT2D eigenvalue weighted by atomic mass is 10.1. The molecule has 1 N–H and O–H groups in total. The Bertz CT molecular complexity index is 253. The average Bonchev–Trinajstić information content (AvgIpc) is 2.30. The van der Waals surface area contributed by atoms with Crippen LogP contribution in [0.3, 0.4) is 0 Å². The molecule has 2 heterocycles. The molecule has 0 fully saturated rings. The summed E-state index contributed by atoms with van der Waals surface area (Å²) in [7, 11) is 2.02. The Kier molecular flexibility index (Phi) is 1.88. The summed E-state index contributed by atoms with van der Waals surface area (Å²) in [6.45, 7) is 2.07. The molecule has 0 unspecified atom stereocenters. The minimum atomic E-state index is 0.988. The van der Waals surface area contributed by atoms with E-state index >= 15 is 0 Å². The Morgan fingerprint density at radius 1 is 1.64 bits per heavy atom. The molecule has 11 heavy (non-hydrogen) atoms. The molecule has 0 spiro atoms. The lowest BCUT2D eigenvalue weighted by molar-refractivity contribution is 0.604. The van der Waals surface area contributed by atoms with Gasteiger partial charge in [0.2, 0.25) is 0 Å². The highest BCUT2D eigenvalue weighted by molar-refractivity contribution is 14.1. The second-order valence-corrected chi connectivity index (χ2v) is 3.79. The molecule has 1 aliphatic rings. The van der Waals surface area contributed by atoms with E-state index in [9.17, 15) is 0 Å². The number of aryl methyl sites for hydroxylation is 1. The van der Waals surface area contributed by atoms with E-state index in [0.717, 1.165) is 23.2 Å². The minimum absolute atomic E-state index is 0.988. The largest absolute Gasteiger partial charge is 0.312 e. The van der Waals surface area contributed by atoms with Gasteiger partial charge in [-0.2, -0.15) is 5.10 Å². The van der Waals surface area contributed by atoms with Gasteiger partial charge in [-0.15, -0.1) is 0 Å². The number of hydrogen-bond donors (Lipinski definition) is 1. The van der Waals surface area contributed by atoms with Gasteiger partial charge >= 0.3 is 0 Å². The number of aromatic nitrogens is 2. The Morgan fingerprint density at radius 2 is 2.45 bits per heavy atom. The molecule has 0 amide bonds.